The molecule has 2 aromatic carbocycles. The van der Waals surface area contributed by atoms with E-state index in [9.17, 15) is 4.79 Å². The molecule has 0 spiro atoms. The summed E-state index contributed by atoms with van der Waals surface area (Å²) in [5.74, 6) is -0.116. The Morgan fingerprint density at radius 3 is 2.52 bits per heavy atom. The normalized spacial score (nSPS) is 10.2. The van der Waals surface area contributed by atoms with E-state index in [1.165, 1.54) is 0 Å². The number of hydrogen-bond acceptors (Lipinski definition) is 3. The van der Waals surface area contributed by atoms with E-state index in [0.29, 0.717) is 11.6 Å². The Morgan fingerprint density at radius 2 is 1.95 bits per heavy atom. The van der Waals surface area contributed by atoms with E-state index in [1.54, 1.807) is 30.2 Å². The highest BCUT2D eigenvalue weighted by Gasteiger charge is 2.12. The van der Waals surface area contributed by atoms with Crippen LogP contribution in [0.25, 0.3) is 0 Å². The summed E-state index contributed by atoms with van der Waals surface area (Å²) < 4.78 is 5.11. The van der Waals surface area contributed by atoms with Gasteiger partial charge in [-0.3, -0.25) is 4.79 Å². The lowest BCUT2D eigenvalue weighted by atomic mass is 10.2. The fourth-order valence-corrected chi connectivity index (χ4v) is 2.21. The van der Waals surface area contributed by atoms with Gasteiger partial charge in [0.15, 0.2) is 0 Å². The molecule has 0 amide bonds. The van der Waals surface area contributed by atoms with Crippen LogP contribution in [0.4, 0.5) is 5.69 Å². The number of halogens is 1. The topological polar surface area (TPSA) is 49.8 Å². The number of carboxylic acid groups (broad SMARTS) is 1. The second-order valence-electron chi connectivity index (χ2n) is 4.58. The van der Waals surface area contributed by atoms with Crippen LogP contribution in [-0.2, 0) is 11.3 Å². The van der Waals surface area contributed by atoms with Crippen LogP contribution in [0.15, 0.2) is 48.5 Å². The van der Waals surface area contributed by atoms with E-state index in [2.05, 4.69) is 0 Å². The molecule has 1 N–H and O–H groups in total. The number of anilines is 1. The first-order valence-corrected chi connectivity index (χ1v) is 6.81. The number of benzene rings is 2. The monoisotopic (exact) mass is 305 g/mol. The second kappa shape index (κ2) is 6.99. The SMILES string of the molecule is COc1ccc(CN(CC(=O)O)c2cccc(Cl)c2)cc1. The van der Waals surface area contributed by atoms with Crippen LogP contribution in [0, 0.1) is 0 Å². The lowest BCUT2D eigenvalue weighted by Gasteiger charge is -2.23. The molecular formula is C16H16ClNO3. The molecule has 0 bridgehead atoms. The van der Waals surface area contributed by atoms with Gasteiger partial charge in [0, 0.05) is 17.3 Å². The first-order chi connectivity index (χ1) is 10.1. The van der Waals surface area contributed by atoms with Gasteiger partial charge in [-0.2, -0.15) is 0 Å². The van der Waals surface area contributed by atoms with Crippen molar-refractivity contribution in [2.45, 2.75) is 6.54 Å². The number of aliphatic carboxylic acids is 1. The minimum absolute atomic E-state index is 0.0909. The van der Waals surface area contributed by atoms with Gasteiger partial charge in [0.05, 0.1) is 7.11 Å². The predicted octanol–water partition coefficient (Wildman–Crippen LogP) is 3.44. The van der Waals surface area contributed by atoms with Gasteiger partial charge in [-0.05, 0) is 35.9 Å². The molecule has 2 aromatic rings. The van der Waals surface area contributed by atoms with Gasteiger partial charge in [-0.1, -0.05) is 29.8 Å². The zero-order valence-electron chi connectivity index (χ0n) is 11.6. The molecule has 4 nitrogen and oxygen atoms in total. The van der Waals surface area contributed by atoms with Crippen molar-refractivity contribution in [2.24, 2.45) is 0 Å². The van der Waals surface area contributed by atoms with Crippen LogP contribution in [0.3, 0.4) is 0 Å². The van der Waals surface area contributed by atoms with Crippen LogP contribution in [0.5, 0.6) is 5.75 Å². The summed E-state index contributed by atoms with van der Waals surface area (Å²) in [5, 5.41) is 9.66. The molecule has 0 saturated heterocycles. The first-order valence-electron chi connectivity index (χ1n) is 6.43. The third-order valence-corrected chi connectivity index (χ3v) is 3.27. The van der Waals surface area contributed by atoms with E-state index < -0.39 is 5.97 Å². The average Bonchev–Trinajstić information content (AvgIpc) is 2.47. The number of rotatable bonds is 6. The largest absolute Gasteiger partial charge is 0.497 e. The zero-order valence-corrected chi connectivity index (χ0v) is 12.4. The van der Waals surface area contributed by atoms with E-state index >= 15 is 0 Å². The highest BCUT2D eigenvalue weighted by atomic mass is 35.5. The molecule has 0 radical (unpaired) electrons. The Labute approximate surface area is 128 Å². The molecule has 110 valence electrons. The molecule has 0 atom stereocenters. The van der Waals surface area contributed by atoms with Gasteiger partial charge in [0.1, 0.15) is 12.3 Å². The Morgan fingerprint density at radius 1 is 1.24 bits per heavy atom. The number of hydrogen-bond donors (Lipinski definition) is 1. The van der Waals surface area contributed by atoms with Gasteiger partial charge in [0.25, 0.3) is 0 Å². The molecule has 0 saturated carbocycles. The van der Waals surface area contributed by atoms with Crippen molar-refractivity contribution in [3.8, 4) is 5.75 Å². The number of nitrogens with zero attached hydrogens (tertiary/aromatic N) is 1. The maximum Gasteiger partial charge on any atom is 0.323 e. The Balaban J connectivity index is 2.21. The van der Waals surface area contributed by atoms with Crippen LogP contribution < -0.4 is 9.64 Å². The third-order valence-electron chi connectivity index (χ3n) is 3.03. The molecule has 0 fully saturated rings. The molecule has 0 unspecified atom stereocenters. The molecule has 21 heavy (non-hydrogen) atoms. The Bertz CT molecular complexity index is 613. The van der Waals surface area contributed by atoms with Crippen molar-refractivity contribution in [2.75, 3.05) is 18.6 Å². The number of carboxylic acids is 1. The lowest BCUT2D eigenvalue weighted by Crippen LogP contribution is -2.29. The maximum atomic E-state index is 11.1. The Kier molecular flexibility index (Phi) is 5.06. The smallest absolute Gasteiger partial charge is 0.323 e. The minimum atomic E-state index is -0.886. The molecule has 0 aliphatic carbocycles. The highest BCUT2D eigenvalue weighted by Crippen LogP contribution is 2.22. The minimum Gasteiger partial charge on any atom is -0.497 e. The number of methoxy groups -OCH3 is 1. The number of carbonyl (C=O) groups is 1. The second-order valence-corrected chi connectivity index (χ2v) is 5.01. The van der Waals surface area contributed by atoms with Crippen LogP contribution in [0.1, 0.15) is 5.56 Å². The standard InChI is InChI=1S/C16H16ClNO3/c1-21-15-7-5-12(6-8-15)10-18(11-16(19)20)14-4-2-3-13(17)9-14/h2-9H,10-11H2,1H3,(H,19,20). The van der Waals surface area contributed by atoms with E-state index in [0.717, 1.165) is 17.0 Å². The van der Waals surface area contributed by atoms with Crippen molar-refractivity contribution in [3.63, 3.8) is 0 Å². The molecule has 2 rings (SSSR count). The summed E-state index contributed by atoms with van der Waals surface area (Å²) in [5.41, 5.74) is 1.78. The van der Waals surface area contributed by atoms with Gasteiger partial charge in [0.2, 0.25) is 0 Å². The van der Waals surface area contributed by atoms with Crippen molar-refractivity contribution in [3.05, 3.63) is 59.1 Å². The van der Waals surface area contributed by atoms with Crippen molar-refractivity contribution >= 4 is 23.3 Å². The van der Waals surface area contributed by atoms with Crippen molar-refractivity contribution < 1.29 is 14.6 Å². The number of ether oxygens (including phenoxy) is 1. The summed E-state index contributed by atoms with van der Waals surface area (Å²) in [7, 11) is 1.61. The molecule has 0 aliphatic rings. The molecule has 0 heterocycles. The molecule has 5 heteroatoms. The van der Waals surface area contributed by atoms with E-state index in [1.807, 2.05) is 30.3 Å². The summed E-state index contributed by atoms with van der Waals surface area (Å²) in [6, 6.07) is 14.7. The maximum absolute atomic E-state index is 11.1. The van der Waals surface area contributed by atoms with E-state index in [4.69, 9.17) is 21.4 Å². The molecular weight excluding hydrogens is 290 g/mol. The average molecular weight is 306 g/mol. The fraction of sp³-hybridized carbons (Fsp3) is 0.188. The van der Waals surface area contributed by atoms with Crippen LogP contribution >= 0.6 is 11.6 Å². The van der Waals surface area contributed by atoms with Crippen molar-refractivity contribution in [1.29, 1.82) is 0 Å². The summed E-state index contributed by atoms with van der Waals surface area (Å²) in [6.45, 7) is 0.392. The third kappa shape index (κ3) is 4.39. The quantitative estimate of drug-likeness (QED) is 0.888. The molecule has 0 aliphatic heterocycles. The first kappa shape index (κ1) is 15.2. The summed E-state index contributed by atoms with van der Waals surface area (Å²) in [6.07, 6.45) is 0. The van der Waals surface area contributed by atoms with E-state index in [-0.39, 0.29) is 6.54 Å². The van der Waals surface area contributed by atoms with Gasteiger partial charge in [-0.25, -0.2) is 0 Å². The van der Waals surface area contributed by atoms with Gasteiger partial charge in [-0.15, -0.1) is 0 Å². The summed E-state index contributed by atoms with van der Waals surface area (Å²) in [4.78, 5) is 12.8. The lowest BCUT2D eigenvalue weighted by molar-refractivity contribution is -0.135. The Hall–Kier alpha value is -2.20. The van der Waals surface area contributed by atoms with Gasteiger partial charge < -0.3 is 14.7 Å². The predicted molar refractivity (Wildman–Crippen MR) is 83.1 cm³/mol. The molecule has 0 aromatic heterocycles. The van der Waals surface area contributed by atoms with Crippen LogP contribution in [-0.4, -0.2) is 24.7 Å². The summed E-state index contributed by atoms with van der Waals surface area (Å²) >= 11 is 5.98. The zero-order chi connectivity index (χ0) is 15.2. The fourth-order valence-electron chi connectivity index (χ4n) is 2.03. The van der Waals surface area contributed by atoms with Crippen molar-refractivity contribution in [1.82, 2.24) is 0 Å². The van der Waals surface area contributed by atoms with Crippen LogP contribution in [0.2, 0.25) is 5.02 Å². The van der Waals surface area contributed by atoms with Gasteiger partial charge >= 0.3 is 5.97 Å². The highest BCUT2D eigenvalue weighted by molar-refractivity contribution is 6.30.